The van der Waals surface area contributed by atoms with Crippen LogP contribution in [0.2, 0.25) is 0 Å². The molecule has 0 aliphatic rings. The lowest BCUT2D eigenvalue weighted by Gasteiger charge is -2.04. The normalized spacial score (nSPS) is 10.4. The summed E-state index contributed by atoms with van der Waals surface area (Å²) in [6, 6.07) is 7.60. The van der Waals surface area contributed by atoms with Crippen LogP contribution in [0.5, 0.6) is 0 Å². The lowest BCUT2D eigenvalue weighted by atomic mass is 10.1. The van der Waals surface area contributed by atoms with Gasteiger partial charge in [0.25, 0.3) is 0 Å². The predicted octanol–water partition coefficient (Wildman–Crippen LogP) is 1.88. The SMILES string of the molecule is Cc1nn(C)cc1NC(=O)CCc1cccc(N)c1. The lowest BCUT2D eigenvalue weighted by Crippen LogP contribution is -2.12. The number of nitrogens with one attached hydrogen (secondary N) is 1. The van der Waals surface area contributed by atoms with Crippen molar-refractivity contribution in [2.24, 2.45) is 7.05 Å². The molecule has 0 spiro atoms. The van der Waals surface area contributed by atoms with Gasteiger partial charge in [0.2, 0.25) is 5.91 Å². The first-order valence-electron chi connectivity index (χ1n) is 6.19. The number of carbonyl (C=O) groups excluding carboxylic acids is 1. The van der Waals surface area contributed by atoms with E-state index in [1.165, 1.54) is 0 Å². The van der Waals surface area contributed by atoms with Crippen LogP contribution in [0.4, 0.5) is 11.4 Å². The minimum atomic E-state index is -0.0153. The van der Waals surface area contributed by atoms with Gasteiger partial charge in [-0.3, -0.25) is 9.48 Å². The Morgan fingerprint density at radius 1 is 1.47 bits per heavy atom. The van der Waals surface area contributed by atoms with E-state index in [9.17, 15) is 4.79 Å². The van der Waals surface area contributed by atoms with Gasteiger partial charge in [-0.2, -0.15) is 5.10 Å². The molecule has 0 unspecified atom stereocenters. The molecule has 0 aliphatic carbocycles. The van der Waals surface area contributed by atoms with E-state index in [0.717, 1.165) is 22.6 Å². The van der Waals surface area contributed by atoms with E-state index in [1.807, 2.05) is 38.2 Å². The third-order valence-electron chi connectivity index (χ3n) is 2.88. The quantitative estimate of drug-likeness (QED) is 0.822. The summed E-state index contributed by atoms with van der Waals surface area (Å²) in [5, 5.41) is 7.04. The van der Waals surface area contributed by atoms with Gasteiger partial charge >= 0.3 is 0 Å². The Morgan fingerprint density at radius 3 is 2.89 bits per heavy atom. The summed E-state index contributed by atoms with van der Waals surface area (Å²) in [6.45, 7) is 1.87. The van der Waals surface area contributed by atoms with Gasteiger partial charge in [0.1, 0.15) is 0 Å². The van der Waals surface area contributed by atoms with Gasteiger partial charge in [-0.15, -0.1) is 0 Å². The average molecular weight is 258 g/mol. The van der Waals surface area contributed by atoms with Crippen LogP contribution in [0, 0.1) is 6.92 Å². The highest BCUT2D eigenvalue weighted by Crippen LogP contribution is 2.13. The number of benzene rings is 1. The summed E-state index contributed by atoms with van der Waals surface area (Å²) in [4.78, 5) is 11.9. The number of anilines is 2. The topological polar surface area (TPSA) is 72.9 Å². The fourth-order valence-electron chi connectivity index (χ4n) is 1.94. The van der Waals surface area contributed by atoms with Gasteiger partial charge in [0, 0.05) is 25.4 Å². The zero-order valence-electron chi connectivity index (χ0n) is 11.2. The zero-order chi connectivity index (χ0) is 13.8. The summed E-state index contributed by atoms with van der Waals surface area (Å²) in [6.07, 6.45) is 2.90. The molecular formula is C14H18N4O. The molecule has 19 heavy (non-hydrogen) atoms. The molecule has 2 rings (SSSR count). The third-order valence-corrected chi connectivity index (χ3v) is 2.88. The lowest BCUT2D eigenvalue weighted by molar-refractivity contribution is -0.116. The zero-order valence-corrected chi connectivity index (χ0v) is 11.2. The Balaban J connectivity index is 1.90. The van der Waals surface area contributed by atoms with Crippen molar-refractivity contribution in [3.05, 3.63) is 41.7 Å². The number of nitrogen functional groups attached to an aromatic ring is 1. The Hall–Kier alpha value is -2.30. The van der Waals surface area contributed by atoms with Crippen LogP contribution in [-0.4, -0.2) is 15.7 Å². The van der Waals surface area contributed by atoms with Crippen molar-refractivity contribution in [2.75, 3.05) is 11.1 Å². The van der Waals surface area contributed by atoms with Crippen molar-refractivity contribution in [1.29, 1.82) is 0 Å². The number of nitrogens with two attached hydrogens (primary N) is 1. The van der Waals surface area contributed by atoms with E-state index < -0.39 is 0 Å². The highest BCUT2D eigenvalue weighted by Gasteiger charge is 2.07. The number of rotatable bonds is 4. The minimum Gasteiger partial charge on any atom is -0.399 e. The van der Waals surface area contributed by atoms with E-state index in [4.69, 9.17) is 5.73 Å². The van der Waals surface area contributed by atoms with E-state index in [-0.39, 0.29) is 5.91 Å². The van der Waals surface area contributed by atoms with Crippen molar-refractivity contribution >= 4 is 17.3 Å². The average Bonchev–Trinajstić information content (AvgIpc) is 2.65. The van der Waals surface area contributed by atoms with Gasteiger partial charge in [-0.25, -0.2) is 0 Å². The molecule has 5 nitrogen and oxygen atoms in total. The van der Waals surface area contributed by atoms with Gasteiger partial charge in [0.05, 0.1) is 11.4 Å². The molecule has 0 saturated carbocycles. The molecule has 0 fully saturated rings. The molecule has 1 amide bonds. The van der Waals surface area contributed by atoms with Crippen LogP contribution in [0.25, 0.3) is 0 Å². The Bertz CT molecular complexity index is 589. The highest BCUT2D eigenvalue weighted by atomic mass is 16.1. The first kappa shape index (κ1) is 13.1. The van der Waals surface area contributed by atoms with E-state index >= 15 is 0 Å². The Morgan fingerprint density at radius 2 is 2.26 bits per heavy atom. The smallest absolute Gasteiger partial charge is 0.224 e. The van der Waals surface area contributed by atoms with Gasteiger partial charge in [0.15, 0.2) is 0 Å². The first-order chi connectivity index (χ1) is 9.04. The van der Waals surface area contributed by atoms with Crippen molar-refractivity contribution in [3.8, 4) is 0 Å². The highest BCUT2D eigenvalue weighted by molar-refractivity contribution is 5.91. The number of carbonyl (C=O) groups is 1. The number of amides is 1. The molecule has 0 saturated heterocycles. The second-order valence-electron chi connectivity index (χ2n) is 4.60. The van der Waals surface area contributed by atoms with E-state index in [2.05, 4.69) is 10.4 Å². The third kappa shape index (κ3) is 3.58. The Labute approximate surface area is 112 Å². The maximum absolute atomic E-state index is 11.9. The molecule has 5 heteroatoms. The summed E-state index contributed by atoms with van der Waals surface area (Å²) in [7, 11) is 1.83. The van der Waals surface area contributed by atoms with Gasteiger partial charge in [-0.05, 0) is 31.0 Å². The Kier molecular flexibility index (Phi) is 3.85. The number of aryl methyl sites for hydroxylation is 3. The molecular weight excluding hydrogens is 240 g/mol. The minimum absolute atomic E-state index is 0.0153. The van der Waals surface area contributed by atoms with Crippen LogP contribution >= 0.6 is 0 Å². The fraction of sp³-hybridized carbons (Fsp3) is 0.286. The maximum Gasteiger partial charge on any atom is 0.224 e. The van der Waals surface area contributed by atoms with Crippen molar-refractivity contribution in [2.45, 2.75) is 19.8 Å². The molecule has 1 aromatic carbocycles. The monoisotopic (exact) mass is 258 g/mol. The second-order valence-corrected chi connectivity index (χ2v) is 4.60. The number of hydrogen-bond acceptors (Lipinski definition) is 3. The van der Waals surface area contributed by atoms with Gasteiger partial charge in [-0.1, -0.05) is 12.1 Å². The first-order valence-corrected chi connectivity index (χ1v) is 6.19. The van der Waals surface area contributed by atoms with Crippen LogP contribution in [0.3, 0.4) is 0 Å². The summed E-state index contributed by atoms with van der Waals surface area (Å²) in [5.41, 5.74) is 9.07. The molecule has 0 bridgehead atoms. The van der Waals surface area contributed by atoms with E-state index in [1.54, 1.807) is 10.9 Å². The largest absolute Gasteiger partial charge is 0.399 e. The number of nitrogens with zero attached hydrogens (tertiary/aromatic N) is 2. The molecule has 0 atom stereocenters. The summed E-state index contributed by atoms with van der Waals surface area (Å²) in [5.74, 6) is -0.0153. The molecule has 0 aliphatic heterocycles. The fourth-order valence-corrected chi connectivity index (χ4v) is 1.94. The molecule has 0 radical (unpaired) electrons. The molecule has 2 aromatic rings. The van der Waals surface area contributed by atoms with Crippen molar-refractivity contribution in [3.63, 3.8) is 0 Å². The standard InChI is InChI=1S/C14H18N4O/c1-10-13(9-18(2)17-10)16-14(19)7-6-11-4-3-5-12(15)8-11/h3-5,8-9H,6-7,15H2,1-2H3,(H,16,19). The molecule has 1 aromatic heterocycles. The molecule has 100 valence electrons. The van der Waals surface area contributed by atoms with Gasteiger partial charge < -0.3 is 11.1 Å². The maximum atomic E-state index is 11.9. The number of aromatic nitrogens is 2. The van der Waals surface area contributed by atoms with E-state index in [0.29, 0.717) is 12.8 Å². The predicted molar refractivity (Wildman–Crippen MR) is 75.8 cm³/mol. The molecule has 3 N–H and O–H groups in total. The number of hydrogen-bond donors (Lipinski definition) is 2. The summed E-state index contributed by atoms with van der Waals surface area (Å²) >= 11 is 0. The van der Waals surface area contributed by atoms with Crippen molar-refractivity contribution < 1.29 is 4.79 Å². The van der Waals surface area contributed by atoms with Crippen LogP contribution in [-0.2, 0) is 18.3 Å². The molecule has 1 heterocycles. The summed E-state index contributed by atoms with van der Waals surface area (Å²) < 4.78 is 1.68. The van der Waals surface area contributed by atoms with Crippen LogP contribution in [0.15, 0.2) is 30.5 Å². The van der Waals surface area contributed by atoms with Crippen LogP contribution < -0.4 is 11.1 Å². The van der Waals surface area contributed by atoms with Crippen LogP contribution in [0.1, 0.15) is 17.7 Å². The second kappa shape index (κ2) is 5.56. The van der Waals surface area contributed by atoms with Crippen molar-refractivity contribution in [1.82, 2.24) is 9.78 Å².